The first-order chi connectivity index (χ1) is 6.74. The highest BCUT2D eigenvalue weighted by Gasteiger charge is 2.39. The maximum atomic E-state index is 11.1. The standard InChI is InChI=1S/C10H19N3O/c1-11-9-5-4-6-10(12-2,13-3)8(9)7-14/h5,7-8,11-13H,4,6H2,1-3H3. The minimum absolute atomic E-state index is 0.142. The molecule has 0 amide bonds. The fraction of sp³-hybridized carbons (Fsp3) is 0.700. The molecule has 1 unspecified atom stereocenters. The molecule has 4 heteroatoms. The van der Waals surface area contributed by atoms with Gasteiger partial charge in [-0.25, -0.2) is 0 Å². The van der Waals surface area contributed by atoms with E-state index in [4.69, 9.17) is 0 Å². The Bertz CT molecular complexity index is 234. The predicted octanol–water partition coefficient (Wildman–Crippen LogP) is -0.166. The van der Waals surface area contributed by atoms with Crippen molar-refractivity contribution in [3.8, 4) is 0 Å². The van der Waals surface area contributed by atoms with E-state index in [-0.39, 0.29) is 11.6 Å². The zero-order chi connectivity index (χ0) is 10.6. The van der Waals surface area contributed by atoms with E-state index in [9.17, 15) is 4.79 Å². The summed E-state index contributed by atoms with van der Waals surface area (Å²) >= 11 is 0. The Morgan fingerprint density at radius 2 is 2.07 bits per heavy atom. The average Bonchev–Trinajstić information content (AvgIpc) is 2.27. The minimum atomic E-state index is -0.297. The van der Waals surface area contributed by atoms with Gasteiger partial charge in [0.15, 0.2) is 0 Å². The fourth-order valence-corrected chi connectivity index (χ4v) is 2.14. The molecule has 0 aromatic rings. The van der Waals surface area contributed by atoms with Crippen molar-refractivity contribution in [2.45, 2.75) is 18.5 Å². The Morgan fingerprint density at radius 3 is 2.50 bits per heavy atom. The summed E-state index contributed by atoms with van der Waals surface area (Å²) < 4.78 is 0. The van der Waals surface area contributed by atoms with Crippen LogP contribution in [0.3, 0.4) is 0 Å². The SMILES string of the molecule is CNC1=CCCC(NC)(NC)C1C=O. The van der Waals surface area contributed by atoms with E-state index < -0.39 is 0 Å². The van der Waals surface area contributed by atoms with Crippen LogP contribution < -0.4 is 16.0 Å². The van der Waals surface area contributed by atoms with Crippen molar-refractivity contribution in [1.82, 2.24) is 16.0 Å². The highest BCUT2D eigenvalue weighted by atomic mass is 16.1. The average molecular weight is 197 g/mol. The molecule has 0 radical (unpaired) electrons. The molecule has 1 aliphatic carbocycles. The molecule has 0 aromatic carbocycles. The largest absolute Gasteiger partial charge is 0.391 e. The lowest BCUT2D eigenvalue weighted by molar-refractivity contribution is -0.113. The molecule has 14 heavy (non-hydrogen) atoms. The Kier molecular flexibility index (Phi) is 3.66. The molecule has 0 fully saturated rings. The summed E-state index contributed by atoms with van der Waals surface area (Å²) in [6.07, 6.45) is 4.98. The molecule has 3 N–H and O–H groups in total. The molecule has 4 nitrogen and oxygen atoms in total. The number of allylic oxidation sites excluding steroid dienone is 1. The van der Waals surface area contributed by atoms with E-state index in [1.807, 2.05) is 21.1 Å². The summed E-state index contributed by atoms with van der Waals surface area (Å²) in [4.78, 5) is 11.1. The van der Waals surface area contributed by atoms with Crippen LogP contribution in [0.2, 0.25) is 0 Å². The third-order valence-corrected chi connectivity index (χ3v) is 3.09. The van der Waals surface area contributed by atoms with Crippen molar-refractivity contribution in [2.75, 3.05) is 21.1 Å². The van der Waals surface area contributed by atoms with Gasteiger partial charge in [-0.1, -0.05) is 6.08 Å². The van der Waals surface area contributed by atoms with E-state index >= 15 is 0 Å². The highest BCUT2D eigenvalue weighted by Crippen LogP contribution is 2.29. The number of aldehydes is 1. The van der Waals surface area contributed by atoms with Gasteiger partial charge in [0.2, 0.25) is 0 Å². The topological polar surface area (TPSA) is 53.2 Å². The van der Waals surface area contributed by atoms with Gasteiger partial charge >= 0.3 is 0 Å². The molecular weight excluding hydrogens is 178 g/mol. The number of carbonyl (C=O) groups excluding carboxylic acids is 1. The summed E-state index contributed by atoms with van der Waals surface area (Å²) in [6.45, 7) is 0. The summed E-state index contributed by atoms with van der Waals surface area (Å²) in [6, 6.07) is 0. The number of carbonyl (C=O) groups is 1. The molecule has 0 aromatic heterocycles. The molecular formula is C10H19N3O. The molecule has 1 rings (SSSR count). The van der Waals surface area contributed by atoms with Gasteiger partial charge in [-0.05, 0) is 26.9 Å². The molecule has 80 valence electrons. The van der Waals surface area contributed by atoms with Crippen LogP contribution in [-0.2, 0) is 4.79 Å². The summed E-state index contributed by atoms with van der Waals surface area (Å²) in [7, 11) is 5.61. The van der Waals surface area contributed by atoms with Gasteiger partial charge in [0.25, 0.3) is 0 Å². The van der Waals surface area contributed by atoms with Crippen molar-refractivity contribution in [2.24, 2.45) is 5.92 Å². The molecule has 0 aliphatic heterocycles. The van der Waals surface area contributed by atoms with Gasteiger partial charge in [0.05, 0.1) is 11.6 Å². The van der Waals surface area contributed by atoms with Crippen molar-refractivity contribution < 1.29 is 4.79 Å². The van der Waals surface area contributed by atoms with Gasteiger partial charge in [0.1, 0.15) is 6.29 Å². The first-order valence-corrected chi connectivity index (χ1v) is 4.95. The lowest BCUT2D eigenvalue weighted by Gasteiger charge is -2.41. The zero-order valence-electron chi connectivity index (χ0n) is 9.05. The number of rotatable bonds is 4. The Morgan fingerprint density at radius 1 is 1.43 bits per heavy atom. The first-order valence-electron chi connectivity index (χ1n) is 4.95. The van der Waals surface area contributed by atoms with E-state index in [1.54, 1.807) is 0 Å². The summed E-state index contributed by atoms with van der Waals surface area (Å²) in [5, 5.41) is 9.50. The molecule has 0 heterocycles. The van der Waals surface area contributed by atoms with Gasteiger partial charge in [0, 0.05) is 12.7 Å². The van der Waals surface area contributed by atoms with Gasteiger partial charge in [-0.3, -0.25) is 0 Å². The van der Waals surface area contributed by atoms with Crippen LogP contribution in [0.15, 0.2) is 11.8 Å². The van der Waals surface area contributed by atoms with Crippen molar-refractivity contribution >= 4 is 6.29 Å². The van der Waals surface area contributed by atoms with E-state index in [0.29, 0.717) is 0 Å². The molecule has 0 bridgehead atoms. The van der Waals surface area contributed by atoms with Crippen LogP contribution in [0.4, 0.5) is 0 Å². The Hall–Kier alpha value is -0.870. The normalized spacial score (nSPS) is 25.4. The Balaban J connectivity index is 2.98. The van der Waals surface area contributed by atoms with Crippen molar-refractivity contribution in [3.05, 3.63) is 11.8 Å². The van der Waals surface area contributed by atoms with E-state index in [2.05, 4.69) is 22.0 Å². The van der Waals surface area contributed by atoms with Gasteiger partial charge in [-0.15, -0.1) is 0 Å². The fourth-order valence-electron chi connectivity index (χ4n) is 2.14. The summed E-state index contributed by atoms with van der Waals surface area (Å²) in [5.74, 6) is -0.142. The quantitative estimate of drug-likeness (QED) is 0.433. The van der Waals surface area contributed by atoms with E-state index in [0.717, 1.165) is 24.8 Å². The third kappa shape index (κ3) is 1.67. The highest BCUT2D eigenvalue weighted by molar-refractivity contribution is 5.62. The number of nitrogens with one attached hydrogen (secondary N) is 3. The second-order valence-electron chi connectivity index (χ2n) is 3.53. The Labute approximate surface area is 85.1 Å². The molecule has 0 spiro atoms. The molecule has 0 saturated heterocycles. The maximum absolute atomic E-state index is 11.1. The number of hydrogen-bond donors (Lipinski definition) is 3. The lowest BCUT2D eigenvalue weighted by Crippen LogP contribution is -2.62. The molecule has 0 saturated carbocycles. The van der Waals surface area contributed by atoms with Crippen LogP contribution in [0, 0.1) is 5.92 Å². The second-order valence-corrected chi connectivity index (χ2v) is 3.53. The monoisotopic (exact) mass is 197 g/mol. The van der Waals surface area contributed by atoms with Crippen LogP contribution in [-0.4, -0.2) is 33.1 Å². The molecule has 1 aliphatic rings. The van der Waals surface area contributed by atoms with Crippen LogP contribution in [0.5, 0.6) is 0 Å². The second kappa shape index (κ2) is 4.57. The van der Waals surface area contributed by atoms with Crippen LogP contribution in [0.1, 0.15) is 12.8 Å². The van der Waals surface area contributed by atoms with Crippen LogP contribution >= 0.6 is 0 Å². The van der Waals surface area contributed by atoms with Crippen molar-refractivity contribution in [1.29, 1.82) is 0 Å². The first kappa shape index (κ1) is 11.2. The van der Waals surface area contributed by atoms with Crippen molar-refractivity contribution in [3.63, 3.8) is 0 Å². The predicted molar refractivity (Wildman–Crippen MR) is 56.8 cm³/mol. The number of hydrogen-bond acceptors (Lipinski definition) is 4. The third-order valence-electron chi connectivity index (χ3n) is 3.09. The lowest BCUT2D eigenvalue weighted by atomic mass is 9.82. The zero-order valence-corrected chi connectivity index (χ0v) is 9.05. The van der Waals surface area contributed by atoms with Gasteiger partial charge in [-0.2, -0.15) is 0 Å². The maximum Gasteiger partial charge on any atom is 0.132 e. The summed E-state index contributed by atoms with van der Waals surface area (Å²) in [5.41, 5.74) is 0.699. The minimum Gasteiger partial charge on any atom is -0.391 e. The smallest absolute Gasteiger partial charge is 0.132 e. The van der Waals surface area contributed by atoms with Crippen LogP contribution in [0.25, 0.3) is 0 Å². The molecule has 1 atom stereocenters. The van der Waals surface area contributed by atoms with Gasteiger partial charge < -0.3 is 20.7 Å². The van der Waals surface area contributed by atoms with E-state index in [1.165, 1.54) is 0 Å².